The van der Waals surface area contributed by atoms with Crippen LogP contribution in [0.25, 0.3) is 0 Å². The van der Waals surface area contributed by atoms with Crippen molar-refractivity contribution in [1.82, 2.24) is 0 Å². The third-order valence-electron chi connectivity index (χ3n) is 2.50. The highest BCUT2D eigenvalue weighted by atomic mass is 32.2. The maximum absolute atomic E-state index is 11.1. The first-order chi connectivity index (χ1) is 6.33. The predicted molar refractivity (Wildman–Crippen MR) is 56.0 cm³/mol. The Labute approximate surface area is 82.8 Å². The van der Waals surface area contributed by atoms with Crippen molar-refractivity contribution >= 4 is 10.8 Å². The summed E-state index contributed by atoms with van der Waals surface area (Å²) in [7, 11) is -0.517. The van der Waals surface area contributed by atoms with Crippen molar-refractivity contribution in [3.8, 4) is 0 Å². The lowest BCUT2D eigenvalue weighted by molar-refractivity contribution is 0.232. The third-order valence-corrected chi connectivity index (χ3v) is 3.88. The van der Waals surface area contributed by atoms with Gasteiger partial charge in [0.25, 0.3) is 0 Å². The minimum Gasteiger partial charge on any atom is -0.502 e. The second-order valence-electron chi connectivity index (χ2n) is 3.47. The Bertz CT molecular complexity index is 170. The lowest BCUT2D eigenvalue weighted by atomic mass is 9.97. The van der Waals surface area contributed by atoms with Gasteiger partial charge >= 0.3 is 0 Å². The molecule has 0 atom stereocenters. The minimum absolute atomic E-state index is 0.517. The normalized spacial score (nSPS) is 28.3. The van der Waals surface area contributed by atoms with Crippen LogP contribution in [0.1, 0.15) is 25.7 Å². The monoisotopic (exact) mass is 202 g/mol. The molecule has 0 unspecified atom stereocenters. The van der Waals surface area contributed by atoms with Gasteiger partial charge in [-0.25, -0.2) is 0 Å². The summed E-state index contributed by atoms with van der Waals surface area (Å²) in [6.45, 7) is 4.27. The van der Waals surface area contributed by atoms with E-state index >= 15 is 0 Å². The second-order valence-corrected chi connectivity index (χ2v) is 5.17. The molecule has 0 bridgehead atoms. The summed E-state index contributed by atoms with van der Waals surface area (Å²) in [4.78, 5) is 0. The minimum atomic E-state index is -0.517. The van der Waals surface area contributed by atoms with Gasteiger partial charge in [-0.2, -0.15) is 0 Å². The lowest BCUT2D eigenvalue weighted by Crippen LogP contribution is -2.18. The van der Waals surface area contributed by atoms with E-state index in [0.717, 1.165) is 43.3 Å². The summed E-state index contributed by atoms with van der Waals surface area (Å²) in [5.74, 6) is 2.60. The van der Waals surface area contributed by atoms with Crippen LogP contribution >= 0.6 is 0 Å². The molecular weight excluding hydrogens is 184 g/mol. The van der Waals surface area contributed by atoms with Crippen LogP contribution in [0.3, 0.4) is 0 Å². The van der Waals surface area contributed by atoms with E-state index in [0.29, 0.717) is 0 Å². The molecule has 1 heterocycles. The molecule has 0 spiro atoms. The van der Waals surface area contributed by atoms with Crippen LogP contribution < -0.4 is 0 Å². The first-order valence-corrected chi connectivity index (χ1v) is 6.39. The van der Waals surface area contributed by atoms with Crippen LogP contribution in [0.2, 0.25) is 0 Å². The van der Waals surface area contributed by atoms with Crippen molar-refractivity contribution in [3.63, 3.8) is 0 Å². The summed E-state index contributed by atoms with van der Waals surface area (Å²) < 4.78 is 16.1. The van der Waals surface area contributed by atoms with Gasteiger partial charge < -0.3 is 4.74 Å². The predicted octanol–water partition coefficient (Wildman–Crippen LogP) is 2.09. The molecule has 0 aromatic heterocycles. The van der Waals surface area contributed by atoms with Gasteiger partial charge in [0, 0.05) is 22.3 Å². The summed E-state index contributed by atoms with van der Waals surface area (Å²) in [6, 6.07) is 0. The van der Waals surface area contributed by atoms with E-state index in [1.54, 1.807) is 0 Å². The van der Waals surface area contributed by atoms with E-state index < -0.39 is 10.8 Å². The van der Waals surface area contributed by atoms with Crippen molar-refractivity contribution in [3.05, 3.63) is 12.8 Å². The highest BCUT2D eigenvalue weighted by Gasteiger charge is 2.16. The molecule has 1 rings (SSSR count). The van der Waals surface area contributed by atoms with Crippen LogP contribution in [-0.2, 0) is 15.5 Å². The molecule has 0 N–H and O–H groups in total. The van der Waals surface area contributed by atoms with Crippen LogP contribution in [0.4, 0.5) is 0 Å². The van der Waals surface area contributed by atoms with Crippen LogP contribution in [0.5, 0.6) is 0 Å². The Morgan fingerprint density at radius 3 is 2.77 bits per heavy atom. The van der Waals surface area contributed by atoms with Gasteiger partial charge in [-0.15, -0.1) is 0 Å². The Morgan fingerprint density at radius 2 is 2.15 bits per heavy atom. The molecule has 13 heavy (non-hydrogen) atoms. The maximum atomic E-state index is 11.1. The summed E-state index contributed by atoms with van der Waals surface area (Å²) in [5.41, 5.74) is 0. The molecule has 0 aromatic carbocycles. The summed E-state index contributed by atoms with van der Waals surface area (Å²) >= 11 is 0. The van der Waals surface area contributed by atoms with Crippen molar-refractivity contribution in [2.24, 2.45) is 5.92 Å². The smallest absolute Gasteiger partial charge is 0.0873 e. The highest BCUT2D eigenvalue weighted by Crippen LogP contribution is 2.21. The van der Waals surface area contributed by atoms with Crippen LogP contribution in [-0.4, -0.2) is 22.3 Å². The number of rotatable bonds is 5. The first-order valence-electron chi connectivity index (χ1n) is 4.90. The van der Waals surface area contributed by atoms with E-state index in [4.69, 9.17) is 4.74 Å². The van der Waals surface area contributed by atoms with Gasteiger partial charge in [0.2, 0.25) is 0 Å². The van der Waals surface area contributed by atoms with Crippen LogP contribution in [0.15, 0.2) is 12.8 Å². The number of hydrogen-bond acceptors (Lipinski definition) is 2. The van der Waals surface area contributed by atoms with Crippen molar-refractivity contribution in [2.45, 2.75) is 25.7 Å². The average molecular weight is 202 g/mol. The molecule has 76 valence electrons. The van der Waals surface area contributed by atoms with E-state index in [1.807, 2.05) is 0 Å². The van der Waals surface area contributed by atoms with Crippen molar-refractivity contribution in [1.29, 1.82) is 0 Å². The fourth-order valence-electron chi connectivity index (χ4n) is 1.67. The van der Waals surface area contributed by atoms with Gasteiger partial charge in [-0.1, -0.05) is 6.58 Å². The summed E-state index contributed by atoms with van der Waals surface area (Å²) in [5, 5.41) is 0. The summed E-state index contributed by atoms with van der Waals surface area (Å²) in [6.07, 6.45) is 6.09. The van der Waals surface area contributed by atoms with Gasteiger partial charge in [0.1, 0.15) is 0 Å². The number of ether oxygens (including phenoxy) is 1. The molecule has 0 aromatic rings. The Kier molecular flexibility index (Phi) is 5.13. The Hall–Kier alpha value is -0.310. The quantitative estimate of drug-likeness (QED) is 0.504. The molecular formula is C10H18O2S. The molecule has 0 saturated carbocycles. The largest absolute Gasteiger partial charge is 0.502 e. The van der Waals surface area contributed by atoms with Crippen LogP contribution in [0, 0.1) is 5.92 Å². The van der Waals surface area contributed by atoms with E-state index in [1.165, 1.54) is 12.7 Å². The molecule has 0 radical (unpaired) electrons. The molecule has 0 amide bonds. The zero-order chi connectivity index (χ0) is 9.52. The zero-order valence-electron chi connectivity index (χ0n) is 8.04. The molecule has 0 aliphatic carbocycles. The molecule has 1 fully saturated rings. The molecule has 1 aliphatic rings. The lowest BCUT2D eigenvalue weighted by Gasteiger charge is -2.20. The van der Waals surface area contributed by atoms with Gasteiger partial charge in [-0.3, -0.25) is 4.21 Å². The van der Waals surface area contributed by atoms with E-state index in [9.17, 15) is 4.21 Å². The van der Waals surface area contributed by atoms with Gasteiger partial charge in [-0.05, 0) is 31.6 Å². The second kappa shape index (κ2) is 6.19. The number of hydrogen-bond donors (Lipinski definition) is 0. The fourth-order valence-corrected chi connectivity index (χ4v) is 3.07. The SMILES string of the molecule is C=COCCCC1CCS(=O)CC1. The standard InChI is InChI=1S/C10H18O2S/c1-2-12-7-3-4-10-5-8-13(11)9-6-10/h2,10H,1,3-9H2. The van der Waals surface area contributed by atoms with Gasteiger partial charge in [0.15, 0.2) is 0 Å². The third kappa shape index (κ3) is 4.46. The molecule has 3 heteroatoms. The molecule has 2 nitrogen and oxygen atoms in total. The van der Waals surface area contributed by atoms with Crippen molar-refractivity contribution < 1.29 is 8.95 Å². The Morgan fingerprint density at radius 1 is 1.46 bits per heavy atom. The van der Waals surface area contributed by atoms with Crippen molar-refractivity contribution in [2.75, 3.05) is 18.1 Å². The topological polar surface area (TPSA) is 26.3 Å². The first kappa shape index (κ1) is 10.8. The maximum Gasteiger partial charge on any atom is 0.0873 e. The highest BCUT2D eigenvalue weighted by molar-refractivity contribution is 7.85. The fraction of sp³-hybridized carbons (Fsp3) is 0.800. The molecule has 1 aliphatic heterocycles. The Balaban J connectivity index is 2.02. The van der Waals surface area contributed by atoms with E-state index in [-0.39, 0.29) is 0 Å². The van der Waals surface area contributed by atoms with E-state index in [2.05, 4.69) is 6.58 Å². The van der Waals surface area contributed by atoms with Gasteiger partial charge in [0.05, 0.1) is 12.9 Å². The average Bonchev–Trinajstić information content (AvgIpc) is 2.15. The molecule has 1 saturated heterocycles. The zero-order valence-corrected chi connectivity index (χ0v) is 8.85.